The molecule has 0 atom stereocenters. The van der Waals surface area contributed by atoms with E-state index in [0.29, 0.717) is 11.6 Å². The Labute approximate surface area is 455 Å². The molecule has 332 valence electrons. The number of imidazole rings is 1. The molecule has 0 aliphatic rings. The maximum atomic E-state index is 12.2. The zero-order chi connectivity index (χ0) is 46.6. The van der Waals surface area contributed by atoms with Crippen molar-refractivity contribution in [1.82, 2.24) is 39.1 Å². The fraction of sp³-hybridized carbons (Fsp3) is 0.120. The molecule has 66 heavy (non-hydrogen) atoms. The Bertz CT molecular complexity index is 2560. The van der Waals surface area contributed by atoms with Crippen molar-refractivity contribution in [3.8, 4) is 0 Å². The molecule has 9 aromatic rings. The van der Waals surface area contributed by atoms with Crippen LogP contribution in [0.25, 0.3) is 0 Å². The van der Waals surface area contributed by atoms with Crippen molar-refractivity contribution in [2.45, 2.75) is 24.0 Å². The molecule has 0 saturated heterocycles. The van der Waals surface area contributed by atoms with Gasteiger partial charge in [-0.3, -0.25) is 0 Å². The standard InChI is InChI=1S/C26H21N5O2.C22H19N3O.CHI2.CH2I.2In.4H/c32-25(30-17-16-27-19-30)33-18-24-28-20-31(29-24)26(21-10-4-1-5-11-21,22-12-6-2-7-13-22)23-14-8-3-9-15-23;26-16-21-23-17-25(24-21)22(18-10-4-1-5-11-18,19-12-6-2-7-13-19)20-14-8-3-9-15-20;2-1-3;1-2;;;;;;/h1-17,19-20H,18H2;1-15,17,26H,16H2;1H;1H2;;;;;;. The van der Waals surface area contributed by atoms with Gasteiger partial charge >= 0.3 is 124 Å². The third-order valence-corrected chi connectivity index (χ3v) is 10.1. The Morgan fingerprint density at radius 3 is 1.15 bits per heavy atom. The summed E-state index contributed by atoms with van der Waals surface area (Å²) in [6.07, 6.45) is 7.28. The molecule has 0 saturated carbocycles. The predicted molar refractivity (Wildman–Crippen MR) is 291 cm³/mol. The first-order chi connectivity index (χ1) is 32.3. The minimum absolute atomic E-state index is 0.0571. The molecule has 0 fully saturated rings. The molecule has 16 heteroatoms. The topological polar surface area (TPSA) is 126 Å². The van der Waals surface area contributed by atoms with Crippen molar-refractivity contribution >= 4 is 123 Å². The molecule has 1 N–H and O–H groups in total. The normalized spacial score (nSPS) is 10.9. The number of benzene rings is 6. The first kappa shape index (κ1) is 51.6. The fourth-order valence-electron chi connectivity index (χ4n) is 7.49. The first-order valence-corrected chi connectivity index (χ1v) is 32.4. The Morgan fingerprint density at radius 2 is 0.879 bits per heavy atom. The Morgan fingerprint density at radius 1 is 0.576 bits per heavy atom. The van der Waals surface area contributed by atoms with Gasteiger partial charge in [-0.05, 0) is 33.4 Å². The molecule has 0 aliphatic heterocycles. The molecule has 0 amide bonds. The van der Waals surface area contributed by atoms with Gasteiger partial charge in [0.25, 0.3) is 0 Å². The molecule has 0 aliphatic carbocycles. The third-order valence-electron chi connectivity index (χ3n) is 10.1. The molecule has 3 aromatic heterocycles. The molecule has 0 unspecified atom stereocenters. The number of carbonyl (C=O) groups is 1. The number of aliphatic hydroxyl groups is 1. The summed E-state index contributed by atoms with van der Waals surface area (Å²) in [7, 11) is 0. The number of rotatable bonds is 11. The van der Waals surface area contributed by atoms with Gasteiger partial charge in [0.05, 0.1) is 0 Å². The third kappa shape index (κ3) is 12.8. The van der Waals surface area contributed by atoms with Crippen molar-refractivity contribution in [2.24, 2.45) is 0 Å². The summed E-state index contributed by atoms with van der Waals surface area (Å²) in [5.41, 5.74) is 4.90. The summed E-state index contributed by atoms with van der Waals surface area (Å²) in [5, 5.41) is 18.8. The Kier molecular flexibility index (Phi) is 20.8. The van der Waals surface area contributed by atoms with Crippen LogP contribution in [0.15, 0.2) is 213 Å². The number of alkyl halides is 3. The van der Waals surface area contributed by atoms with Gasteiger partial charge in [-0.15, -0.1) is 0 Å². The number of hydrogen-bond acceptors (Lipinski definition) is 8. The van der Waals surface area contributed by atoms with Crippen LogP contribution in [-0.4, -0.2) is 101 Å². The van der Waals surface area contributed by atoms with Crippen molar-refractivity contribution in [3.63, 3.8) is 0 Å². The van der Waals surface area contributed by atoms with E-state index in [1.54, 1.807) is 12.7 Å². The van der Waals surface area contributed by atoms with Gasteiger partial charge in [0, 0.05) is 12.4 Å². The van der Waals surface area contributed by atoms with Crippen molar-refractivity contribution in [2.75, 3.05) is 2.18 Å². The molecule has 0 spiro atoms. The summed E-state index contributed by atoms with van der Waals surface area (Å²) < 4.78 is 12.7. The summed E-state index contributed by atoms with van der Waals surface area (Å²) in [6, 6.07) is 61.3. The molecule has 0 bridgehead atoms. The second-order valence-corrected chi connectivity index (χ2v) is 48.9. The van der Waals surface area contributed by atoms with Crippen LogP contribution in [0.3, 0.4) is 0 Å². The molecule has 11 nitrogen and oxygen atoms in total. The van der Waals surface area contributed by atoms with Crippen molar-refractivity contribution in [3.05, 3.63) is 258 Å². The second-order valence-electron chi connectivity index (χ2n) is 14.3. The van der Waals surface area contributed by atoms with E-state index < -0.39 is 17.2 Å². The van der Waals surface area contributed by atoms with E-state index in [2.05, 4.69) is 161 Å². The van der Waals surface area contributed by atoms with E-state index in [-0.39, 0.29) is 13.2 Å². The number of aromatic nitrogens is 8. The predicted octanol–water partition coefficient (Wildman–Crippen LogP) is 8.90. The number of carbonyl (C=O) groups excluding carboxylic acids is 1. The van der Waals surface area contributed by atoms with Crippen LogP contribution in [0, 0.1) is 0 Å². The monoisotopic (exact) mass is 1420 g/mol. The number of aliphatic hydroxyl groups excluding tert-OH is 1. The van der Waals surface area contributed by atoms with E-state index in [4.69, 9.17) is 9.84 Å². The Balaban J connectivity index is 0.000000195. The van der Waals surface area contributed by atoms with Gasteiger partial charge in [-0.2, -0.15) is 10.2 Å². The summed E-state index contributed by atoms with van der Waals surface area (Å²) in [5.74, 6) is 0.799. The number of hydrogen-bond donors (Lipinski definition) is 1. The van der Waals surface area contributed by atoms with E-state index in [9.17, 15) is 9.90 Å². The van der Waals surface area contributed by atoms with Gasteiger partial charge < -0.3 is 9.84 Å². The number of ether oxygens (including phenoxy) is 1. The van der Waals surface area contributed by atoms with Gasteiger partial charge in [0.2, 0.25) is 0 Å². The molecule has 9 rings (SSSR count). The van der Waals surface area contributed by atoms with E-state index in [0.717, 1.165) is 81.8 Å². The average Bonchev–Trinajstić information content (AvgIpc) is 4.19. The first-order valence-electron chi connectivity index (χ1n) is 21.0. The zero-order valence-electron chi connectivity index (χ0n) is 36.4. The van der Waals surface area contributed by atoms with Crippen molar-refractivity contribution < 1.29 is 14.6 Å². The van der Waals surface area contributed by atoms with Crippen LogP contribution >= 0.6 is 67.8 Å². The number of halogens is 3. The zero-order valence-corrected chi connectivity index (χ0v) is 54.3. The Hall–Kier alpha value is -3.83. The summed E-state index contributed by atoms with van der Waals surface area (Å²) >= 11 is 9.10. The molecule has 6 aromatic carbocycles. The van der Waals surface area contributed by atoms with Crippen LogP contribution in [0.2, 0.25) is 0 Å². The summed E-state index contributed by atoms with van der Waals surface area (Å²) in [4.78, 5) is 24.8. The van der Waals surface area contributed by atoms with E-state index in [1.807, 2.05) is 119 Å². The molecular weight excluding hydrogens is 1370 g/mol. The number of nitrogens with zero attached hydrogens (tertiary/aromatic N) is 8. The van der Waals surface area contributed by atoms with Crippen LogP contribution in [0.1, 0.15) is 45.0 Å². The SMILES string of the molecule is O=C(OCc1ncn(C(c2ccccc2)(c2ccccc2)c2ccccc2)n1)n1ccnc1.OCc1ncn(C(c2ccccc2)(c2ccccc2)c2ccccc2)n1.[InH2][CH2]I.[InH2][CH](I)I. The van der Waals surface area contributed by atoms with Crippen molar-refractivity contribution in [1.29, 1.82) is 0 Å². The molecule has 3 heterocycles. The maximum absolute atomic E-state index is 12.2. The van der Waals surface area contributed by atoms with Crippen LogP contribution in [0.5, 0.6) is 0 Å². The quantitative estimate of drug-likeness (QED) is 0.0774. The van der Waals surface area contributed by atoms with Crippen LogP contribution < -0.4 is 0 Å². The van der Waals surface area contributed by atoms with E-state index >= 15 is 0 Å². The minimum atomic E-state index is -0.761. The van der Waals surface area contributed by atoms with Crippen LogP contribution in [-0.2, 0) is 29.0 Å². The van der Waals surface area contributed by atoms with E-state index in [1.165, 1.54) is 25.5 Å². The molecule has 0 radical (unpaired) electrons. The van der Waals surface area contributed by atoms with Gasteiger partial charge in [-0.25, -0.2) is 33.7 Å². The van der Waals surface area contributed by atoms with Gasteiger partial charge in [0.1, 0.15) is 36.7 Å². The fourth-order valence-corrected chi connectivity index (χ4v) is 7.49. The second kappa shape index (κ2) is 26.6. The van der Waals surface area contributed by atoms with Crippen LogP contribution in [0.4, 0.5) is 4.79 Å². The average molecular weight is 1420 g/mol. The molecular formula is C50H47I3In2N8O3. The van der Waals surface area contributed by atoms with Gasteiger partial charge in [0.15, 0.2) is 18.3 Å². The van der Waals surface area contributed by atoms with Gasteiger partial charge in [-0.1, -0.05) is 182 Å². The summed E-state index contributed by atoms with van der Waals surface area (Å²) in [6.45, 7) is -0.250.